The number of amides is 1. The smallest absolute Gasteiger partial charge is 0.248 e. The molecule has 0 saturated carbocycles. The molecule has 2 N–H and O–H groups in total. The van der Waals surface area contributed by atoms with Crippen LogP contribution in [-0.2, 0) is 16.8 Å². The van der Waals surface area contributed by atoms with Crippen molar-refractivity contribution in [3.8, 4) is 0 Å². The van der Waals surface area contributed by atoms with Crippen LogP contribution in [0, 0.1) is 13.8 Å². The molecular weight excluding hydrogens is 312 g/mol. The number of aryl methyl sites for hydroxylation is 2. The predicted molar refractivity (Wildman–Crippen MR) is 99.5 cm³/mol. The van der Waals surface area contributed by atoms with Gasteiger partial charge in [0.05, 0.1) is 0 Å². The Morgan fingerprint density at radius 3 is 2.76 bits per heavy atom. The van der Waals surface area contributed by atoms with Crippen molar-refractivity contribution in [3.05, 3.63) is 53.3 Å². The normalized spacial score (nSPS) is 17.9. The van der Waals surface area contributed by atoms with Crippen LogP contribution in [0.5, 0.6) is 0 Å². The van der Waals surface area contributed by atoms with Gasteiger partial charge in [-0.05, 0) is 70.3 Å². The molecule has 0 radical (unpaired) electrons. The summed E-state index contributed by atoms with van der Waals surface area (Å²) in [5.41, 5.74) is 3.26. The summed E-state index contributed by atoms with van der Waals surface area (Å²) in [6, 6.07) is 8.46. The monoisotopic (exact) mass is 340 g/mol. The fourth-order valence-electron chi connectivity index (χ4n) is 3.74. The van der Waals surface area contributed by atoms with Crippen molar-refractivity contribution in [1.29, 1.82) is 0 Å². The highest BCUT2D eigenvalue weighted by molar-refractivity contribution is 5.84. The van der Waals surface area contributed by atoms with Crippen molar-refractivity contribution in [2.45, 2.75) is 51.6 Å². The summed E-state index contributed by atoms with van der Waals surface area (Å²) in [4.78, 5) is 13.2. The summed E-state index contributed by atoms with van der Waals surface area (Å²) < 4.78 is 1.84. The van der Waals surface area contributed by atoms with Crippen molar-refractivity contribution in [2.24, 2.45) is 0 Å². The largest absolute Gasteiger partial charge is 0.351 e. The summed E-state index contributed by atoms with van der Waals surface area (Å²) in [5, 5.41) is 11.0. The lowest BCUT2D eigenvalue weighted by Gasteiger charge is -2.37. The molecule has 0 bridgehead atoms. The summed E-state index contributed by atoms with van der Waals surface area (Å²) in [6.45, 7) is 7.98. The number of hydrogen-bond acceptors (Lipinski definition) is 3. The maximum Gasteiger partial charge on any atom is 0.248 e. The highest BCUT2D eigenvalue weighted by Gasteiger charge is 2.42. The van der Waals surface area contributed by atoms with Crippen molar-refractivity contribution >= 4 is 5.91 Å². The van der Waals surface area contributed by atoms with Gasteiger partial charge < -0.3 is 10.6 Å². The lowest BCUT2D eigenvalue weighted by atomic mass is 9.87. The lowest BCUT2D eigenvalue weighted by molar-refractivity contribution is -0.132. The van der Waals surface area contributed by atoms with Crippen molar-refractivity contribution in [1.82, 2.24) is 20.4 Å². The van der Waals surface area contributed by atoms with E-state index >= 15 is 0 Å². The summed E-state index contributed by atoms with van der Waals surface area (Å²) in [5.74, 6) is 0.0787. The van der Waals surface area contributed by atoms with Crippen LogP contribution in [0.15, 0.2) is 36.7 Å². The quantitative estimate of drug-likeness (QED) is 0.878. The molecule has 1 aromatic heterocycles. The first-order valence-electron chi connectivity index (χ1n) is 9.09. The molecule has 1 atom stereocenters. The van der Waals surface area contributed by atoms with Crippen molar-refractivity contribution < 1.29 is 4.79 Å². The van der Waals surface area contributed by atoms with E-state index in [2.05, 4.69) is 54.7 Å². The zero-order chi connectivity index (χ0) is 17.9. The highest BCUT2D eigenvalue weighted by atomic mass is 16.2. The zero-order valence-electron chi connectivity index (χ0n) is 15.4. The molecule has 1 aliphatic heterocycles. The second-order valence-electron chi connectivity index (χ2n) is 7.24. The number of nitrogens with one attached hydrogen (secondary N) is 2. The van der Waals surface area contributed by atoms with E-state index in [1.807, 2.05) is 16.9 Å². The molecule has 2 aromatic rings. The fourth-order valence-corrected chi connectivity index (χ4v) is 3.74. The lowest BCUT2D eigenvalue weighted by Crippen LogP contribution is -2.56. The topological polar surface area (TPSA) is 59.0 Å². The van der Waals surface area contributed by atoms with Gasteiger partial charge in [-0.15, -0.1) is 0 Å². The van der Waals surface area contributed by atoms with E-state index in [4.69, 9.17) is 0 Å². The number of carbonyl (C=O) groups is 1. The van der Waals surface area contributed by atoms with Crippen LogP contribution in [0.1, 0.15) is 36.5 Å². The van der Waals surface area contributed by atoms with Gasteiger partial charge in [-0.25, -0.2) is 0 Å². The number of carbonyl (C=O) groups excluding carboxylic acids is 1. The van der Waals surface area contributed by atoms with Gasteiger partial charge in [0.25, 0.3) is 0 Å². The third-order valence-electron chi connectivity index (χ3n) is 5.20. The molecule has 2 heterocycles. The van der Waals surface area contributed by atoms with Crippen LogP contribution in [0.3, 0.4) is 0 Å². The van der Waals surface area contributed by atoms with Gasteiger partial charge in [0.2, 0.25) is 5.91 Å². The van der Waals surface area contributed by atoms with E-state index in [9.17, 15) is 4.79 Å². The maximum atomic E-state index is 13.2. The van der Waals surface area contributed by atoms with Crippen molar-refractivity contribution in [2.75, 3.05) is 13.1 Å². The van der Waals surface area contributed by atoms with E-state index < -0.39 is 5.54 Å². The molecular formula is C20H28N4O. The first-order valence-corrected chi connectivity index (χ1v) is 9.09. The third-order valence-corrected chi connectivity index (χ3v) is 5.20. The van der Waals surface area contributed by atoms with Crippen LogP contribution >= 0.6 is 0 Å². The Labute approximate surface area is 149 Å². The van der Waals surface area contributed by atoms with Crippen LogP contribution < -0.4 is 10.6 Å². The first kappa shape index (κ1) is 17.7. The highest BCUT2D eigenvalue weighted by Crippen LogP contribution is 2.27. The zero-order valence-corrected chi connectivity index (χ0v) is 15.4. The molecule has 1 unspecified atom stereocenters. The molecule has 134 valence electrons. The minimum Gasteiger partial charge on any atom is -0.351 e. The first-order chi connectivity index (χ1) is 12.0. The molecule has 1 aromatic carbocycles. The maximum absolute atomic E-state index is 13.2. The number of benzene rings is 1. The van der Waals surface area contributed by atoms with Crippen molar-refractivity contribution in [3.63, 3.8) is 0 Å². The van der Waals surface area contributed by atoms with Crippen LogP contribution in [0.4, 0.5) is 0 Å². The molecule has 25 heavy (non-hydrogen) atoms. The molecule has 1 fully saturated rings. The second kappa shape index (κ2) is 7.40. The molecule has 1 aliphatic rings. The number of nitrogens with zero attached hydrogens (tertiary/aromatic N) is 2. The molecule has 5 heteroatoms. The molecule has 1 amide bonds. The summed E-state index contributed by atoms with van der Waals surface area (Å²) in [6.07, 6.45) is 6.01. The summed E-state index contributed by atoms with van der Waals surface area (Å²) >= 11 is 0. The van der Waals surface area contributed by atoms with Crippen LogP contribution in [-0.4, -0.2) is 34.8 Å². The van der Waals surface area contributed by atoms with Gasteiger partial charge >= 0.3 is 0 Å². The Bertz CT molecular complexity index is 717. The average Bonchev–Trinajstić information content (AvgIpc) is 3.13. The number of aromatic nitrogens is 2. The van der Waals surface area contributed by atoms with Gasteiger partial charge in [0, 0.05) is 18.4 Å². The molecule has 3 rings (SSSR count). The Balaban J connectivity index is 1.72. The van der Waals surface area contributed by atoms with Crippen LogP contribution in [0.2, 0.25) is 0 Å². The number of hydrogen-bond donors (Lipinski definition) is 2. The number of piperidine rings is 1. The standard InChI is InChI=1S/C20H28N4O/c1-15-5-6-18(16(2)13-15)14-17(3)23-19(25)20(7-10-21-11-8-20)24-12-4-9-22-24/h4-6,9,12-13,17,21H,7-8,10-11,14H2,1-3H3,(H,23,25). The van der Waals surface area contributed by atoms with Gasteiger partial charge in [-0.3, -0.25) is 9.48 Å². The average molecular weight is 340 g/mol. The van der Waals surface area contributed by atoms with E-state index in [1.165, 1.54) is 16.7 Å². The van der Waals surface area contributed by atoms with Gasteiger partial charge in [0.15, 0.2) is 0 Å². The Morgan fingerprint density at radius 1 is 1.36 bits per heavy atom. The third kappa shape index (κ3) is 3.76. The Morgan fingerprint density at radius 2 is 2.12 bits per heavy atom. The Kier molecular flexibility index (Phi) is 5.23. The molecule has 1 saturated heterocycles. The fraction of sp³-hybridized carbons (Fsp3) is 0.500. The van der Waals surface area contributed by atoms with E-state index in [1.54, 1.807) is 6.20 Å². The molecule has 5 nitrogen and oxygen atoms in total. The number of rotatable bonds is 5. The van der Waals surface area contributed by atoms with E-state index in [0.29, 0.717) is 0 Å². The molecule has 0 spiro atoms. The van der Waals surface area contributed by atoms with E-state index in [0.717, 1.165) is 32.4 Å². The van der Waals surface area contributed by atoms with E-state index in [-0.39, 0.29) is 11.9 Å². The summed E-state index contributed by atoms with van der Waals surface area (Å²) in [7, 11) is 0. The van der Waals surface area contributed by atoms with Gasteiger partial charge in [0.1, 0.15) is 5.54 Å². The minimum absolute atomic E-state index is 0.0787. The SMILES string of the molecule is Cc1ccc(CC(C)NC(=O)C2(n3cccn3)CCNCC2)c(C)c1. The second-order valence-corrected chi connectivity index (χ2v) is 7.24. The minimum atomic E-state index is -0.578. The molecule has 0 aliphatic carbocycles. The van der Waals surface area contributed by atoms with Gasteiger partial charge in [-0.2, -0.15) is 5.10 Å². The van der Waals surface area contributed by atoms with Gasteiger partial charge in [-0.1, -0.05) is 23.8 Å². The predicted octanol–water partition coefficient (Wildman–Crippen LogP) is 2.33. The Hall–Kier alpha value is -2.14. The van der Waals surface area contributed by atoms with Crippen LogP contribution in [0.25, 0.3) is 0 Å².